The van der Waals surface area contributed by atoms with E-state index in [1.165, 1.54) is 13.0 Å². The third kappa shape index (κ3) is 5.66. The molecule has 1 aromatic carbocycles. The number of aldehydes is 1. The number of benzene rings is 1. The predicted octanol–water partition coefficient (Wildman–Crippen LogP) is 4.19. The van der Waals surface area contributed by atoms with Crippen molar-refractivity contribution >= 4 is 41.3 Å². The van der Waals surface area contributed by atoms with Crippen LogP contribution in [0.3, 0.4) is 0 Å². The summed E-state index contributed by atoms with van der Waals surface area (Å²) >= 11 is 11.5. The fraction of sp³-hybridized carbons (Fsp3) is 0.231. The van der Waals surface area contributed by atoms with Gasteiger partial charge in [0.15, 0.2) is 12.1 Å². The third-order valence-electron chi connectivity index (χ3n) is 1.74. The van der Waals surface area contributed by atoms with E-state index >= 15 is 0 Å². The molecule has 0 radical (unpaired) electrons. The van der Waals surface area contributed by atoms with Crippen molar-refractivity contribution in [3.63, 3.8) is 0 Å². The largest absolute Gasteiger partial charge is 0.298 e. The summed E-state index contributed by atoms with van der Waals surface area (Å²) in [5.74, 6) is -0.291. The fourth-order valence-corrected chi connectivity index (χ4v) is 1.60. The molecule has 0 saturated heterocycles. The minimum absolute atomic E-state index is 0.0910. The first-order chi connectivity index (χ1) is 8.02. The van der Waals surface area contributed by atoms with Crippen molar-refractivity contribution in [2.24, 2.45) is 0 Å². The molecule has 1 rings (SSSR count). The summed E-state index contributed by atoms with van der Waals surface area (Å²) in [6, 6.07) is 4.83. The molecule has 0 fully saturated rings. The number of rotatable bonds is 3. The first-order valence-electron chi connectivity index (χ1n) is 5.17. The maximum atomic E-state index is 11.0. The van der Waals surface area contributed by atoms with Gasteiger partial charge in [0.1, 0.15) is 0 Å². The van der Waals surface area contributed by atoms with E-state index in [1.807, 2.05) is 13.8 Å². The van der Waals surface area contributed by atoms with Gasteiger partial charge in [-0.25, -0.2) is 0 Å². The van der Waals surface area contributed by atoms with Crippen LogP contribution in [0.4, 0.5) is 0 Å². The van der Waals surface area contributed by atoms with Gasteiger partial charge in [0, 0.05) is 10.0 Å². The Morgan fingerprint density at radius 2 is 1.59 bits per heavy atom. The van der Waals surface area contributed by atoms with Crippen LogP contribution in [0.25, 0.3) is 6.08 Å². The molecule has 0 saturated carbocycles. The van der Waals surface area contributed by atoms with E-state index in [-0.39, 0.29) is 11.4 Å². The molecule has 0 heterocycles. The maximum absolute atomic E-state index is 11.0. The van der Waals surface area contributed by atoms with Gasteiger partial charge in [-0.3, -0.25) is 9.59 Å². The number of hydrogen-bond donors (Lipinski definition) is 0. The molecule has 0 bridgehead atoms. The van der Waals surface area contributed by atoms with Gasteiger partial charge in [0.2, 0.25) is 0 Å². The summed E-state index contributed by atoms with van der Waals surface area (Å²) in [6.07, 6.45) is 1.96. The lowest BCUT2D eigenvalue weighted by molar-refractivity contribution is -0.115. The van der Waals surface area contributed by atoms with Gasteiger partial charge in [0.25, 0.3) is 0 Å². The molecular formula is C13H14Cl2O2. The lowest BCUT2D eigenvalue weighted by Gasteiger charge is -1.98. The van der Waals surface area contributed by atoms with Crippen molar-refractivity contribution in [1.29, 1.82) is 0 Å². The molecule has 2 nitrogen and oxygen atoms in total. The van der Waals surface area contributed by atoms with Crippen LogP contribution in [0.15, 0.2) is 23.8 Å². The Morgan fingerprint density at radius 3 is 1.94 bits per heavy atom. The molecule has 0 atom stereocenters. The van der Waals surface area contributed by atoms with Gasteiger partial charge in [-0.05, 0) is 36.8 Å². The lowest BCUT2D eigenvalue weighted by Crippen LogP contribution is -1.97. The van der Waals surface area contributed by atoms with Gasteiger partial charge in [-0.2, -0.15) is 0 Å². The third-order valence-corrected chi connectivity index (χ3v) is 2.18. The summed E-state index contributed by atoms with van der Waals surface area (Å²) in [5.41, 5.74) is 0.720. The van der Waals surface area contributed by atoms with Gasteiger partial charge in [0.05, 0.1) is 5.57 Å². The van der Waals surface area contributed by atoms with Crippen LogP contribution in [-0.4, -0.2) is 12.1 Å². The summed E-state index contributed by atoms with van der Waals surface area (Å²) in [5, 5.41) is 0.921. The Kier molecular flexibility index (Phi) is 7.51. The Hall–Kier alpha value is -1.12. The standard InChI is InChI=1S/C11H8Cl2O2.C2H6/c1-7(15)9(6-14)2-8-3-10(12)5-11(13)4-8;1-2/h2-6H,1H3;1-2H3/b9-2-;. The molecule has 0 aliphatic rings. The molecule has 17 heavy (non-hydrogen) atoms. The monoisotopic (exact) mass is 272 g/mol. The smallest absolute Gasteiger partial charge is 0.163 e. The van der Waals surface area contributed by atoms with E-state index in [0.29, 0.717) is 21.9 Å². The minimum Gasteiger partial charge on any atom is -0.298 e. The zero-order valence-electron chi connectivity index (χ0n) is 9.96. The average molecular weight is 273 g/mol. The SMILES string of the molecule is CC.CC(=O)/C(C=O)=C\c1cc(Cl)cc(Cl)c1. The van der Waals surface area contributed by atoms with Gasteiger partial charge >= 0.3 is 0 Å². The second-order valence-corrected chi connectivity index (χ2v) is 3.85. The Morgan fingerprint density at radius 1 is 1.12 bits per heavy atom. The zero-order valence-corrected chi connectivity index (χ0v) is 11.5. The highest BCUT2D eigenvalue weighted by Gasteiger charge is 2.03. The first kappa shape index (κ1) is 15.9. The van der Waals surface area contributed by atoms with Crippen LogP contribution in [0.5, 0.6) is 0 Å². The molecule has 92 valence electrons. The Bertz CT molecular complexity index is 417. The van der Waals surface area contributed by atoms with E-state index in [2.05, 4.69) is 0 Å². The second kappa shape index (κ2) is 8.04. The number of carbonyl (C=O) groups excluding carboxylic acids is 2. The highest BCUT2D eigenvalue weighted by molar-refractivity contribution is 6.34. The van der Waals surface area contributed by atoms with E-state index < -0.39 is 0 Å². The molecule has 1 aromatic rings. The Balaban J connectivity index is 0.00000121. The van der Waals surface area contributed by atoms with Crippen LogP contribution in [0.2, 0.25) is 10.0 Å². The van der Waals surface area contributed by atoms with Crippen molar-refractivity contribution in [1.82, 2.24) is 0 Å². The first-order valence-corrected chi connectivity index (χ1v) is 5.92. The molecule has 4 heteroatoms. The summed E-state index contributed by atoms with van der Waals surface area (Å²) in [4.78, 5) is 21.5. The highest BCUT2D eigenvalue weighted by Crippen LogP contribution is 2.20. The number of carbonyl (C=O) groups is 2. The molecule has 0 aliphatic heterocycles. The van der Waals surface area contributed by atoms with Crippen molar-refractivity contribution in [2.45, 2.75) is 20.8 Å². The quantitative estimate of drug-likeness (QED) is 0.358. The number of Topliss-reactive ketones (excluding diaryl/α,β-unsaturated/α-hetero) is 1. The summed E-state index contributed by atoms with van der Waals surface area (Å²) < 4.78 is 0. The minimum atomic E-state index is -0.291. The van der Waals surface area contributed by atoms with Gasteiger partial charge < -0.3 is 0 Å². The van der Waals surface area contributed by atoms with Crippen LogP contribution in [0, 0.1) is 0 Å². The lowest BCUT2D eigenvalue weighted by atomic mass is 10.1. The van der Waals surface area contributed by atoms with Crippen LogP contribution in [-0.2, 0) is 9.59 Å². The fourth-order valence-electron chi connectivity index (χ4n) is 1.06. The van der Waals surface area contributed by atoms with E-state index in [0.717, 1.165) is 0 Å². The van der Waals surface area contributed by atoms with Gasteiger partial charge in [-0.15, -0.1) is 0 Å². The zero-order chi connectivity index (χ0) is 13.4. The van der Waals surface area contributed by atoms with Crippen molar-refractivity contribution in [2.75, 3.05) is 0 Å². The summed E-state index contributed by atoms with van der Waals surface area (Å²) in [7, 11) is 0. The average Bonchev–Trinajstić information content (AvgIpc) is 2.27. The van der Waals surface area contributed by atoms with E-state index in [1.54, 1.807) is 18.2 Å². The van der Waals surface area contributed by atoms with Gasteiger partial charge in [-0.1, -0.05) is 37.0 Å². The molecule has 0 aliphatic carbocycles. The number of halogens is 2. The number of hydrogen-bond acceptors (Lipinski definition) is 2. The van der Waals surface area contributed by atoms with Crippen molar-refractivity contribution < 1.29 is 9.59 Å². The topological polar surface area (TPSA) is 34.1 Å². The van der Waals surface area contributed by atoms with Crippen molar-refractivity contribution in [3.05, 3.63) is 39.4 Å². The number of allylic oxidation sites excluding steroid dienone is 1. The Labute approximate surface area is 111 Å². The van der Waals surface area contributed by atoms with Crippen LogP contribution in [0.1, 0.15) is 26.3 Å². The normalized spacial score (nSPS) is 10.3. The molecule has 0 amide bonds. The van der Waals surface area contributed by atoms with E-state index in [4.69, 9.17) is 23.2 Å². The van der Waals surface area contributed by atoms with E-state index in [9.17, 15) is 9.59 Å². The van der Waals surface area contributed by atoms with Crippen LogP contribution >= 0.6 is 23.2 Å². The van der Waals surface area contributed by atoms with Crippen LogP contribution < -0.4 is 0 Å². The number of ketones is 1. The van der Waals surface area contributed by atoms with Crippen molar-refractivity contribution in [3.8, 4) is 0 Å². The summed E-state index contributed by atoms with van der Waals surface area (Å²) in [6.45, 7) is 5.33. The molecule has 0 aromatic heterocycles. The highest BCUT2D eigenvalue weighted by atomic mass is 35.5. The second-order valence-electron chi connectivity index (χ2n) is 2.98. The predicted molar refractivity (Wildman–Crippen MR) is 72.5 cm³/mol. The molecular weight excluding hydrogens is 259 g/mol. The molecule has 0 spiro atoms. The maximum Gasteiger partial charge on any atom is 0.163 e. The molecule has 0 unspecified atom stereocenters. The molecule has 0 N–H and O–H groups in total.